The van der Waals surface area contributed by atoms with Crippen molar-refractivity contribution in [2.75, 3.05) is 25.0 Å². The standard InChI is InChI=1S/C22H31N3O2/c26-21(17-6-7-17)23-19-8-9-20-18-10-16(13-25(20)22(19)27)12-24(14-18)11-15-4-2-1-3-5-15/h8-9,15-18H,1-7,10-14H2,(H,23,26). The molecule has 2 atom stereocenters. The van der Waals surface area contributed by atoms with Crippen LogP contribution in [0.3, 0.4) is 0 Å². The van der Waals surface area contributed by atoms with E-state index in [1.807, 2.05) is 10.6 Å². The molecule has 1 aromatic rings. The number of carbonyl (C=O) groups excluding carboxylic acids is 1. The Morgan fingerprint density at radius 3 is 2.63 bits per heavy atom. The van der Waals surface area contributed by atoms with E-state index in [0.29, 0.717) is 17.5 Å². The minimum absolute atomic E-state index is 0.00284. The van der Waals surface area contributed by atoms with E-state index >= 15 is 0 Å². The number of amides is 1. The molecule has 146 valence electrons. The average molecular weight is 370 g/mol. The number of hydrogen-bond donors (Lipinski definition) is 1. The van der Waals surface area contributed by atoms with E-state index in [2.05, 4.69) is 16.3 Å². The summed E-state index contributed by atoms with van der Waals surface area (Å²) < 4.78 is 1.96. The Balaban J connectivity index is 1.32. The van der Waals surface area contributed by atoms with Crippen LogP contribution in [0.5, 0.6) is 0 Å². The Hall–Kier alpha value is -1.62. The largest absolute Gasteiger partial charge is 0.321 e. The lowest BCUT2D eigenvalue weighted by molar-refractivity contribution is -0.117. The van der Waals surface area contributed by atoms with Crippen molar-refractivity contribution in [2.45, 2.75) is 63.8 Å². The molecule has 2 aliphatic heterocycles. The number of pyridine rings is 1. The van der Waals surface area contributed by atoms with Gasteiger partial charge in [0.05, 0.1) is 0 Å². The molecule has 0 radical (unpaired) electrons. The first-order valence-corrected chi connectivity index (χ1v) is 10.9. The molecule has 5 nitrogen and oxygen atoms in total. The van der Waals surface area contributed by atoms with Crippen LogP contribution in [0.1, 0.15) is 63.0 Å². The van der Waals surface area contributed by atoms with Crippen molar-refractivity contribution in [3.05, 3.63) is 28.2 Å². The van der Waals surface area contributed by atoms with Gasteiger partial charge in [-0.05, 0) is 56.1 Å². The molecule has 2 aliphatic carbocycles. The number of hydrogen-bond acceptors (Lipinski definition) is 3. The number of anilines is 1. The van der Waals surface area contributed by atoms with Gasteiger partial charge in [0, 0.05) is 43.7 Å². The van der Waals surface area contributed by atoms with Gasteiger partial charge in [-0.25, -0.2) is 0 Å². The summed E-state index contributed by atoms with van der Waals surface area (Å²) in [4.78, 5) is 27.7. The van der Waals surface area contributed by atoms with E-state index < -0.39 is 0 Å². The van der Waals surface area contributed by atoms with Crippen LogP contribution >= 0.6 is 0 Å². The van der Waals surface area contributed by atoms with Crippen LogP contribution < -0.4 is 10.9 Å². The summed E-state index contributed by atoms with van der Waals surface area (Å²) in [6, 6.07) is 3.93. The molecule has 5 rings (SSSR count). The van der Waals surface area contributed by atoms with Gasteiger partial charge in [0.25, 0.3) is 5.56 Å². The van der Waals surface area contributed by atoms with Gasteiger partial charge in [0.15, 0.2) is 0 Å². The number of nitrogens with one attached hydrogen (secondary N) is 1. The molecule has 1 aromatic heterocycles. The fourth-order valence-corrected chi connectivity index (χ4v) is 5.60. The zero-order valence-corrected chi connectivity index (χ0v) is 16.2. The third-order valence-corrected chi connectivity index (χ3v) is 7.13. The molecule has 0 aromatic carbocycles. The molecular formula is C22H31N3O2. The first-order valence-electron chi connectivity index (χ1n) is 10.9. The first-order chi connectivity index (χ1) is 13.2. The van der Waals surface area contributed by atoms with Gasteiger partial charge < -0.3 is 14.8 Å². The number of carbonyl (C=O) groups is 1. The zero-order valence-electron chi connectivity index (χ0n) is 16.2. The highest BCUT2D eigenvalue weighted by Gasteiger charge is 2.36. The molecule has 1 amide bonds. The zero-order chi connectivity index (χ0) is 18.4. The molecule has 1 saturated heterocycles. The smallest absolute Gasteiger partial charge is 0.274 e. The maximum Gasteiger partial charge on any atom is 0.274 e. The maximum absolute atomic E-state index is 13.0. The lowest BCUT2D eigenvalue weighted by Crippen LogP contribution is -2.48. The predicted octanol–water partition coefficient (Wildman–Crippen LogP) is 3.20. The third kappa shape index (κ3) is 3.58. The lowest BCUT2D eigenvalue weighted by Gasteiger charge is -2.44. The van der Waals surface area contributed by atoms with Crippen LogP contribution in [-0.4, -0.2) is 35.0 Å². The van der Waals surface area contributed by atoms with E-state index in [9.17, 15) is 9.59 Å². The number of fused-ring (bicyclic) bond motifs is 4. The summed E-state index contributed by atoms with van der Waals surface area (Å²) in [5.41, 5.74) is 1.64. The second-order valence-corrected chi connectivity index (χ2v) is 9.37. The monoisotopic (exact) mass is 369 g/mol. The summed E-state index contributed by atoms with van der Waals surface area (Å²) in [5.74, 6) is 2.04. The normalized spacial score (nSPS) is 28.6. The van der Waals surface area contributed by atoms with Gasteiger partial charge in [0.2, 0.25) is 5.91 Å². The molecule has 27 heavy (non-hydrogen) atoms. The minimum Gasteiger partial charge on any atom is -0.321 e. The Morgan fingerprint density at radius 2 is 1.85 bits per heavy atom. The fourth-order valence-electron chi connectivity index (χ4n) is 5.60. The topological polar surface area (TPSA) is 54.3 Å². The number of likely N-dealkylation sites (tertiary alicyclic amines) is 1. The third-order valence-electron chi connectivity index (χ3n) is 7.13. The van der Waals surface area contributed by atoms with E-state index in [1.165, 1.54) is 50.8 Å². The van der Waals surface area contributed by atoms with E-state index in [4.69, 9.17) is 0 Å². The summed E-state index contributed by atoms with van der Waals surface area (Å²) >= 11 is 0. The van der Waals surface area contributed by atoms with Crippen LogP contribution in [0.25, 0.3) is 0 Å². The quantitative estimate of drug-likeness (QED) is 0.887. The molecule has 2 bridgehead atoms. The molecule has 4 aliphatic rings. The second-order valence-electron chi connectivity index (χ2n) is 9.37. The molecule has 2 unspecified atom stereocenters. The van der Waals surface area contributed by atoms with Crippen LogP contribution in [0.15, 0.2) is 16.9 Å². The number of nitrogens with zero attached hydrogens (tertiary/aromatic N) is 2. The van der Waals surface area contributed by atoms with Gasteiger partial charge in [-0.2, -0.15) is 0 Å². The molecule has 0 spiro atoms. The summed E-state index contributed by atoms with van der Waals surface area (Å²) in [6.07, 6.45) is 10.1. The van der Waals surface area contributed by atoms with Crippen molar-refractivity contribution in [1.82, 2.24) is 9.47 Å². The predicted molar refractivity (Wildman–Crippen MR) is 106 cm³/mol. The first kappa shape index (κ1) is 17.5. The fraction of sp³-hybridized carbons (Fsp3) is 0.727. The Bertz CT molecular complexity index is 776. The van der Waals surface area contributed by atoms with Gasteiger partial charge >= 0.3 is 0 Å². The van der Waals surface area contributed by atoms with E-state index in [1.54, 1.807) is 0 Å². The Morgan fingerprint density at radius 1 is 1.04 bits per heavy atom. The number of piperidine rings is 1. The highest BCUT2D eigenvalue weighted by atomic mass is 16.2. The Labute approximate surface area is 161 Å². The van der Waals surface area contributed by atoms with Crippen molar-refractivity contribution < 1.29 is 4.79 Å². The van der Waals surface area contributed by atoms with Gasteiger partial charge in [-0.15, -0.1) is 0 Å². The van der Waals surface area contributed by atoms with Crippen LogP contribution in [-0.2, 0) is 11.3 Å². The highest BCUT2D eigenvalue weighted by molar-refractivity contribution is 5.93. The van der Waals surface area contributed by atoms with Crippen molar-refractivity contribution in [3.63, 3.8) is 0 Å². The number of rotatable bonds is 4. The van der Waals surface area contributed by atoms with Crippen molar-refractivity contribution in [2.24, 2.45) is 17.8 Å². The lowest BCUT2D eigenvalue weighted by atomic mass is 9.81. The molecule has 3 fully saturated rings. The second kappa shape index (κ2) is 7.08. The van der Waals surface area contributed by atoms with Gasteiger partial charge in [-0.1, -0.05) is 19.3 Å². The van der Waals surface area contributed by atoms with Crippen molar-refractivity contribution >= 4 is 11.6 Å². The SMILES string of the molecule is O=C(Nc1ccc2n(c1=O)CC1CC2CN(CC2CCCCC2)C1)C1CC1. The van der Waals surface area contributed by atoms with E-state index in [0.717, 1.165) is 38.4 Å². The summed E-state index contributed by atoms with van der Waals surface area (Å²) in [5, 5.41) is 2.87. The highest BCUT2D eigenvalue weighted by Crippen LogP contribution is 2.37. The average Bonchev–Trinajstić information content (AvgIpc) is 3.50. The number of aromatic nitrogens is 1. The minimum atomic E-state index is -0.00284. The van der Waals surface area contributed by atoms with Crippen LogP contribution in [0.4, 0.5) is 5.69 Å². The van der Waals surface area contributed by atoms with Gasteiger partial charge in [-0.3, -0.25) is 9.59 Å². The maximum atomic E-state index is 13.0. The molecule has 1 N–H and O–H groups in total. The van der Waals surface area contributed by atoms with E-state index in [-0.39, 0.29) is 17.4 Å². The van der Waals surface area contributed by atoms with Crippen LogP contribution in [0.2, 0.25) is 0 Å². The molecule has 5 heteroatoms. The van der Waals surface area contributed by atoms with Crippen molar-refractivity contribution in [1.29, 1.82) is 0 Å². The summed E-state index contributed by atoms with van der Waals surface area (Å²) in [7, 11) is 0. The van der Waals surface area contributed by atoms with Crippen LogP contribution in [0, 0.1) is 17.8 Å². The Kier molecular flexibility index (Phi) is 4.58. The van der Waals surface area contributed by atoms with Gasteiger partial charge in [0.1, 0.15) is 5.69 Å². The van der Waals surface area contributed by atoms with Crippen molar-refractivity contribution in [3.8, 4) is 0 Å². The summed E-state index contributed by atoms with van der Waals surface area (Å²) in [6.45, 7) is 4.25. The molecular weight excluding hydrogens is 338 g/mol. The molecule has 2 saturated carbocycles. The molecule has 3 heterocycles.